The molecule has 0 aliphatic carbocycles. The van der Waals surface area contributed by atoms with Crippen LogP contribution < -0.4 is 10.1 Å². The number of thiophene rings is 1. The van der Waals surface area contributed by atoms with Crippen molar-refractivity contribution in [2.45, 2.75) is 25.5 Å². The molecule has 1 aliphatic rings. The predicted molar refractivity (Wildman–Crippen MR) is 163 cm³/mol. The summed E-state index contributed by atoms with van der Waals surface area (Å²) in [5.74, 6) is 0.977. The van der Waals surface area contributed by atoms with Gasteiger partial charge < -0.3 is 19.9 Å². The van der Waals surface area contributed by atoms with E-state index in [1.165, 1.54) is 35.4 Å². The van der Waals surface area contributed by atoms with Crippen molar-refractivity contribution in [3.63, 3.8) is 0 Å². The molecule has 1 unspecified atom stereocenters. The van der Waals surface area contributed by atoms with E-state index in [0.717, 1.165) is 52.2 Å². The Balaban J connectivity index is 1.17. The van der Waals surface area contributed by atoms with Crippen molar-refractivity contribution in [1.29, 1.82) is 0 Å². The number of likely N-dealkylation sites (tertiary alicyclic amines) is 1. The molecule has 3 aromatic carbocycles. The number of hydrogen-bond donors (Lipinski definition) is 1. The highest BCUT2D eigenvalue weighted by Gasteiger charge is 2.23. The average molecular weight is 576 g/mol. The Morgan fingerprint density at radius 3 is 2.80 bits per heavy atom. The SMILES string of the molecule is CN(C)C1CCN(CCc2ccc3c(c2)sc2ncnc(Nc4ccc(OCc5cccc(F)c5)c(Cl)c4)c23)C1. The topological polar surface area (TPSA) is 53.5 Å². The van der Waals surface area contributed by atoms with Crippen molar-refractivity contribution in [3.8, 4) is 5.75 Å². The van der Waals surface area contributed by atoms with E-state index in [2.05, 4.69) is 57.4 Å². The minimum atomic E-state index is -0.291. The molecule has 1 N–H and O–H groups in total. The van der Waals surface area contributed by atoms with E-state index in [-0.39, 0.29) is 12.4 Å². The van der Waals surface area contributed by atoms with Gasteiger partial charge in [0.1, 0.15) is 35.1 Å². The van der Waals surface area contributed by atoms with Crippen molar-refractivity contribution < 1.29 is 9.13 Å². The fourth-order valence-corrected chi connectivity index (χ4v) is 6.59. The summed E-state index contributed by atoms with van der Waals surface area (Å²) in [6, 6.07) is 19.2. The quantitative estimate of drug-likeness (QED) is 0.202. The molecule has 0 saturated carbocycles. The lowest BCUT2D eigenvalue weighted by Crippen LogP contribution is -2.32. The Bertz CT molecular complexity index is 1660. The molecule has 3 heterocycles. The van der Waals surface area contributed by atoms with E-state index in [1.807, 2.05) is 24.3 Å². The van der Waals surface area contributed by atoms with Crippen molar-refractivity contribution in [3.05, 3.63) is 89.0 Å². The lowest BCUT2D eigenvalue weighted by molar-refractivity contribution is 0.270. The maximum Gasteiger partial charge on any atom is 0.143 e. The number of fused-ring (bicyclic) bond motifs is 3. The van der Waals surface area contributed by atoms with Crippen LogP contribution in [0.4, 0.5) is 15.9 Å². The lowest BCUT2D eigenvalue weighted by atomic mass is 10.1. The van der Waals surface area contributed by atoms with Crippen LogP contribution in [0.1, 0.15) is 17.5 Å². The molecule has 0 amide bonds. The first-order valence-corrected chi connectivity index (χ1v) is 14.6. The molecular formula is C31H31ClFN5OS. The number of nitrogens with one attached hydrogen (secondary N) is 1. The summed E-state index contributed by atoms with van der Waals surface area (Å²) >= 11 is 8.22. The zero-order valence-corrected chi connectivity index (χ0v) is 24.1. The molecule has 0 radical (unpaired) electrons. The van der Waals surface area contributed by atoms with Crippen molar-refractivity contribution in [1.82, 2.24) is 19.8 Å². The number of hydrogen-bond acceptors (Lipinski definition) is 7. The van der Waals surface area contributed by atoms with Gasteiger partial charge in [0.25, 0.3) is 0 Å². The molecule has 1 atom stereocenters. The summed E-state index contributed by atoms with van der Waals surface area (Å²) in [4.78, 5) is 15.0. The Hall–Kier alpha value is -3.30. The first-order valence-electron chi connectivity index (χ1n) is 13.4. The van der Waals surface area contributed by atoms with Crippen LogP contribution in [-0.2, 0) is 13.0 Å². The van der Waals surface area contributed by atoms with Crippen LogP contribution in [0.25, 0.3) is 20.3 Å². The molecule has 0 bridgehead atoms. The second kappa shape index (κ2) is 11.7. The van der Waals surface area contributed by atoms with Gasteiger partial charge in [0.2, 0.25) is 0 Å². The molecule has 40 heavy (non-hydrogen) atoms. The van der Waals surface area contributed by atoms with Gasteiger partial charge in [0.15, 0.2) is 0 Å². The highest BCUT2D eigenvalue weighted by atomic mass is 35.5. The van der Waals surface area contributed by atoms with E-state index in [4.69, 9.17) is 16.3 Å². The van der Waals surface area contributed by atoms with Gasteiger partial charge in [0, 0.05) is 34.9 Å². The van der Waals surface area contributed by atoms with Gasteiger partial charge in [-0.3, -0.25) is 0 Å². The smallest absolute Gasteiger partial charge is 0.143 e. The van der Waals surface area contributed by atoms with Gasteiger partial charge in [-0.15, -0.1) is 11.3 Å². The molecule has 6 nitrogen and oxygen atoms in total. The van der Waals surface area contributed by atoms with E-state index >= 15 is 0 Å². The van der Waals surface area contributed by atoms with Crippen LogP contribution in [0, 0.1) is 5.82 Å². The molecule has 1 fully saturated rings. The van der Waals surface area contributed by atoms with Crippen LogP contribution in [-0.4, -0.2) is 59.5 Å². The third kappa shape index (κ3) is 5.90. The molecule has 0 spiro atoms. The molecule has 5 aromatic rings. The number of aromatic nitrogens is 2. The molecule has 1 saturated heterocycles. The van der Waals surface area contributed by atoms with Gasteiger partial charge >= 0.3 is 0 Å². The first-order chi connectivity index (χ1) is 19.4. The summed E-state index contributed by atoms with van der Waals surface area (Å²) in [6.45, 7) is 3.62. The van der Waals surface area contributed by atoms with E-state index in [9.17, 15) is 4.39 Å². The van der Waals surface area contributed by atoms with E-state index in [1.54, 1.807) is 23.7 Å². The second-order valence-electron chi connectivity index (χ2n) is 10.5. The van der Waals surface area contributed by atoms with Crippen LogP contribution >= 0.6 is 22.9 Å². The highest BCUT2D eigenvalue weighted by Crippen LogP contribution is 2.38. The predicted octanol–water partition coefficient (Wildman–Crippen LogP) is 7.14. The molecule has 2 aromatic heterocycles. The maximum absolute atomic E-state index is 13.5. The second-order valence-corrected chi connectivity index (χ2v) is 11.9. The number of halogens is 2. The van der Waals surface area contributed by atoms with Crippen LogP contribution in [0.3, 0.4) is 0 Å². The monoisotopic (exact) mass is 575 g/mol. The largest absolute Gasteiger partial charge is 0.487 e. The van der Waals surface area contributed by atoms with Crippen molar-refractivity contribution in [2.75, 3.05) is 39.0 Å². The number of likely N-dealkylation sites (N-methyl/N-ethyl adjacent to an activating group) is 1. The number of rotatable bonds is 9. The Kier molecular flexibility index (Phi) is 7.85. The molecular weight excluding hydrogens is 545 g/mol. The lowest BCUT2D eigenvalue weighted by Gasteiger charge is -2.20. The van der Waals surface area contributed by atoms with E-state index in [0.29, 0.717) is 16.8 Å². The summed E-state index contributed by atoms with van der Waals surface area (Å²) in [7, 11) is 4.34. The molecule has 9 heteroatoms. The standard InChI is InChI=1S/C31H31ClFN5OS/c1-37(2)24-11-13-38(17-24)12-10-20-6-8-25-28(15-20)40-31-29(25)30(34-19-35-31)36-23-7-9-27(26(32)16-23)39-18-21-4-3-5-22(33)14-21/h3-9,14-16,19,24H,10-13,17-18H2,1-2H3,(H,34,35,36). The number of benzene rings is 3. The van der Waals surface area contributed by atoms with Crippen LogP contribution in [0.5, 0.6) is 5.75 Å². The normalized spacial score (nSPS) is 15.9. The summed E-state index contributed by atoms with van der Waals surface area (Å²) in [5.41, 5.74) is 2.87. The van der Waals surface area contributed by atoms with Crippen LogP contribution in [0.15, 0.2) is 67.0 Å². The molecule has 206 valence electrons. The average Bonchev–Trinajstić information content (AvgIpc) is 3.57. The first kappa shape index (κ1) is 26.9. The van der Waals surface area contributed by atoms with Crippen LogP contribution in [0.2, 0.25) is 5.02 Å². The highest BCUT2D eigenvalue weighted by molar-refractivity contribution is 7.25. The summed E-state index contributed by atoms with van der Waals surface area (Å²) in [5, 5.41) is 6.02. The van der Waals surface area contributed by atoms with Crippen molar-refractivity contribution >= 4 is 54.7 Å². The van der Waals surface area contributed by atoms with Gasteiger partial charge in [-0.2, -0.15) is 0 Å². The van der Waals surface area contributed by atoms with Gasteiger partial charge in [-0.25, -0.2) is 14.4 Å². The van der Waals surface area contributed by atoms with Gasteiger partial charge in [-0.05, 0) is 81.0 Å². The Morgan fingerprint density at radius 2 is 2.00 bits per heavy atom. The minimum absolute atomic E-state index is 0.230. The zero-order chi connectivity index (χ0) is 27.6. The fourth-order valence-electron chi connectivity index (χ4n) is 5.25. The van der Waals surface area contributed by atoms with Crippen molar-refractivity contribution in [2.24, 2.45) is 0 Å². The third-order valence-corrected chi connectivity index (χ3v) is 8.86. The zero-order valence-electron chi connectivity index (χ0n) is 22.5. The molecule has 6 rings (SSSR count). The Morgan fingerprint density at radius 1 is 1.10 bits per heavy atom. The number of anilines is 2. The fraction of sp³-hybridized carbons (Fsp3) is 0.290. The Labute approximate surface area is 242 Å². The molecule has 1 aliphatic heterocycles. The minimum Gasteiger partial charge on any atom is -0.487 e. The van der Waals surface area contributed by atoms with Gasteiger partial charge in [0.05, 0.1) is 10.4 Å². The maximum atomic E-state index is 13.5. The summed E-state index contributed by atoms with van der Waals surface area (Å²) < 4.78 is 20.5. The van der Waals surface area contributed by atoms with E-state index < -0.39 is 0 Å². The third-order valence-electron chi connectivity index (χ3n) is 7.51. The summed E-state index contributed by atoms with van der Waals surface area (Å²) in [6.07, 6.45) is 3.87. The number of ether oxygens (including phenoxy) is 1. The number of nitrogens with zero attached hydrogens (tertiary/aromatic N) is 4. The van der Waals surface area contributed by atoms with Gasteiger partial charge in [-0.1, -0.05) is 35.9 Å².